The fraction of sp³-hybridized carbons (Fsp3) is 0.529. The fourth-order valence-electron chi connectivity index (χ4n) is 3.20. The summed E-state index contributed by atoms with van der Waals surface area (Å²) in [5, 5.41) is 9.46. The van der Waals surface area contributed by atoms with E-state index in [4.69, 9.17) is 0 Å². The second-order valence-corrected chi connectivity index (χ2v) is 7.23. The summed E-state index contributed by atoms with van der Waals surface area (Å²) in [5.41, 5.74) is 1.25. The highest BCUT2D eigenvalue weighted by atomic mass is 32.1. The molecule has 1 N–H and O–H groups in total. The lowest BCUT2D eigenvalue weighted by Gasteiger charge is -2.22. The standard InChI is InChI=1S/C17H24N4OS/c1-3-15(16-5-4-8-23-16)19-17(22)21-7-6-13(12-21)9-14-10-18-20(2)11-14/h4-5,8,10-11,13,15H,3,6-7,9,12H2,1-2H3,(H,19,22)/t13-,15+/m0/s1. The Bertz CT molecular complexity index is 637. The van der Waals surface area contributed by atoms with Crippen molar-refractivity contribution in [1.29, 1.82) is 0 Å². The van der Waals surface area contributed by atoms with Crippen LogP contribution in [0, 0.1) is 5.92 Å². The first-order valence-corrected chi connectivity index (χ1v) is 9.10. The monoisotopic (exact) mass is 332 g/mol. The first-order valence-electron chi connectivity index (χ1n) is 8.22. The molecule has 0 aliphatic carbocycles. The number of nitrogens with one attached hydrogen (secondary N) is 1. The van der Waals surface area contributed by atoms with Gasteiger partial charge in [-0.15, -0.1) is 11.3 Å². The highest BCUT2D eigenvalue weighted by molar-refractivity contribution is 7.10. The van der Waals surface area contributed by atoms with Crippen LogP contribution in [0.1, 0.15) is 36.2 Å². The van der Waals surface area contributed by atoms with Crippen LogP contribution in [-0.2, 0) is 13.5 Å². The number of aromatic nitrogens is 2. The maximum absolute atomic E-state index is 12.5. The molecule has 3 rings (SSSR count). The molecule has 5 nitrogen and oxygen atoms in total. The van der Waals surface area contributed by atoms with Crippen molar-refractivity contribution in [1.82, 2.24) is 20.0 Å². The minimum absolute atomic E-state index is 0.0685. The van der Waals surface area contributed by atoms with Gasteiger partial charge in [-0.2, -0.15) is 5.10 Å². The maximum Gasteiger partial charge on any atom is 0.317 e. The molecular formula is C17H24N4OS. The molecule has 1 fully saturated rings. The van der Waals surface area contributed by atoms with Crippen LogP contribution < -0.4 is 5.32 Å². The Kier molecular flexibility index (Phi) is 5.00. The Labute approximate surface area is 141 Å². The molecular weight excluding hydrogens is 308 g/mol. The number of aryl methyl sites for hydroxylation is 1. The highest BCUT2D eigenvalue weighted by Gasteiger charge is 2.28. The van der Waals surface area contributed by atoms with E-state index in [1.807, 2.05) is 28.9 Å². The summed E-state index contributed by atoms with van der Waals surface area (Å²) in [7, 11) is 1.94. The minimum Gasteiger partial charge on any atom is -0.330 e. The molecule has 1 saturated heterocycles. The van der Waals surface area contributed by atoms with Crippen molar-refractivity contribution < 1.29 is 4.79 Å². The molecule has 124 valence electrons. The third-order valence-electron chi connectivity index (χ3n) is 4.45. The van der Waals surface area contributed by atoms with Gasteiger partial charge in [-0.25, -0.2) is 4.79 Å². The summed E-state index contributed by atoms with van der Waals surface area (Å²) in [4.78, 5) is 15.7. The van der Waals surface area contributed by atoms with Gasteiger partial charge in [-0.1, -0.05) is 13.0 Å². The molecule has 0 spiro atoms. The molecule has 2 atom stereocenters. The van der Waals surface area contributed by atoms with Crippen LogP contribution in [0.2, 0.25) is 0 Å². The molecule has 0 unspecified atom stereocenters. The van der Waals surface area contributed by atoms with Crippen molar-refractivity contribution in [2.75, 3.05) is 13.1 Å². The summed E-state index contributed by atoms with van der Waals surface area (Å²) in [6.07, 6.45) is 6.97. The van der Waals surface area contributed by atoms with E-state index in [9.17, 15) is 4.79 Å². The summed E-state index contributed by atoms with van der Waals surface area (Å²) < 4.78 is 1.83. The molecule has 2 amide bonds. The Hall–Kier alpha value is -1.82. The second kappa shape index (κ2) is 7.17. The summed E-state index contributed by atoms with van der Waals surface area (Å²) in [6, 6.07) is 4.32. The van der Waals surface area contributed by atoms with E-state index < -0.39 is 0 Å². The van der Waals surface area contributed by atoms with Crippen LogP contribution in [0.25, 0.3) is 0 Å². The Morgan fingerprint density at radius 3 is 3.09 bits per heavy atom. The molecule has 3 heterocycles. The predicted molar refractivity (Wildman–Crippen MR) is 92.5 cm³/mol. The number of carbonyl (C=O) groups is 1. The van der Waals surface area contributed by atoms with Crippen molar-refractivity contribution in [3.8, 4) is 0 Å². The smallest absolute Gasteiger partial charge is 0.317 e. The largest absolute Gasteiger partial charge is 0.330 e. The minimum atomic E-state index is 0.0685. The number of likely N-dealkylation sites (tertiary alicyclic amines) is 1. The molecule has 1 aliphatic rings. The zero-order valence-corrected chi connectivity index (χ0v) is 14.6. The predicted octanol–water partition coefficient (Wildman–Crippen LogP) is 3.21. The van der Waals surface area contributed by atoms with Gasteiger partial charge in [0.25, 0.3) is 0 Å². The topological polar surface area (TPSA) is 50.2 Å². The molecule has 6 heteroatoms. The number of rotatable bonds is 5. The van der Waals surface area contributed by atoms with Gasteiger partial charge < -0.3 is 10.2 Å². The van der Waals surface area contributed by atoms with Gasteiger partial charge in [0, 0.05) is 31.2 Å². The highest BCUT2D eigenvalue weighted by Crippen LogP contribution is 2.24. The number of urea groups is 1. The third kappa shape index (κ3) is 3.93. The van der Waals surface area contributed by atoms with Gasteiger partial charge in [0.05, 0.1) is 12.2 Å². The Morgan fingerprint density at radius 2 is 2.43 bits per heavy atom. The van der Waals surface area contributed by atoms with Gasteiger partial charge in [-0.3, -0.25) is 4.68 Å². The summed E-state index contributed by atoms with van der Waals surface area (Å²) in [6.45, 7) is 3.79. The lowest BCUT2D eigenvalue weighted by molar-refractivity contribution is 0.202. The van der Waals surface area contributed by atoms with E-state index >= 15 is 0 Å². The van der Waals surface area contributed by atoms with Crippen molar-refractivity contribution in [2.24, 2.45) is 13.0 Å². The lowest BCUT2D eigenvalue weighted by atomic mass is 10.0. The van der Waals surface area contributed by atoms with E-state index in [1.54, 1.807) is 11.3 Å². The average Bonchev–Trinajstić information content (AvgIpc) is 3.27. The number of amides is 2. The molecule has 0 bridgehead atoms. The van der Waals surface area contributed by atoms with Gasteiger partial charge in [-0.05, 0) is 42.2 Å². The zero-order valence-electron chi connectivity index (χ0n) is 13.7. The molecule has 23 heavy (non-hydrogen) atoms. The third-order valence-corrected chi connectivity index (χ3v) is 5.43. The van der Waals surface area contributed by atoms with Crippen molar-refractivity contribution in [2.45, 2.75) is 32.2 Å². The first-order chi connectivity index (χ1) is 11.2. The molecule has 0 radical (unpaired) electrons. The van der Waals surface area contributed by atoms with E-state index in [0.717, 1.165) is 32.4 Å². The van der Waals surface area contributed by atoms with Gasteiger partial charge in [0.2, 0.25) is 0 Å². The van der Waals surface area contributed by atoms with Crippen LogP contribution in [-0.4, -0.2) is 33.8 Å². The summed E-state index contributed by atoms with van der Waals surface area (Å²) in [5.74, 6) is 0.534. The normalized spacial score (nSPS) is 19.0. The molecule has 0 aromatic carbocycles. The van der Waals surface area contributed by atoms with E-state index in [2.05, 4.69) is 35.0 Å². The Morgan fingerprint density at radius 1 is 1.57 bits per heavy atom. The molecule has 2 aromatic rings. The molecule has 2 aromatic heterocycles. The van der Waals surface area contributed by atoms with Gasteiger partial charge in [0.15, 0.2) is 0 Å². The second-order valence-electron chi connectivity index (χ2n) is 6.25. The van der Waals surface area contributed by atoms with Crippen molar-refractivity contribution in [3.05, 3.63) is 40.3 Å². The van der Waals surface area contributed by atoms with Crippen LogP contribution in [0.15, 0.2) is 29.9 Å². The van der Waals surface area contributed by atoms with Crippen molar-refractivity contribution in [3.63, 3.8) is 0 Å². The summed E-state index contributed by atoms with van der Waals surface area (Å²) >= 11 is 1.70. The lowest BCUT2D eigenvalue weighted by Crippen LogP contribution is -2.40. The first kappa shape index (κ1) is 16.1. The Balaban J connectivity index is 1.52. The molecule has 1 aliphatic heterocycles. The van der Waals surface area contributed by atoms with E-state index in [-0.39, 0.29) is 12.1 Å². The van der Waals surface area contributed by atoms with Gasteiger partial charge >= 0.3 is 6.03 Å². The number of nitrogens with zero attached hydrogens (tertiary/aromatic N) is 3. The fourth-order valence-corrected chi connectivity index (χ4v) is 4.06. The molecule has 0 saturated carbocycles. The van der Waals surface area contributed by atoms with Gasteiger partial charge in [0.1, 0.15) is 0 Å². The van der Waals surface area contributed by atoms with Crippen LogP contribution in [0.5, 0.6) is 0 Å². The van der Waals surface area contributed by atoms with Crippen molar-refractivity contribution >= 4 is 17.4 Å². The number of hydrogen-bond donors (Lipinski definition) is 1. The maximum atomic E-state index is 12.5. The van der Waals surface area contributed by atoms with E-state index in [0.29, 0.717) is 5.92 Å². The number of hydrogen-bond acceptors (Lipinski definition) is 3. The zero-order chi connectivity index (χ0) is 16.2. The quantitative estimate of drug-likeness (QED) is 0.914. The van der Waals surface area contributed by atoms with E-state index in [1.165, 1.54) is 10.4 Å². The number of thiophene rings is 1. The van der Waals surface area contributed by atoms with Crippen LogP contribution >= 0.6 is 11.3 Å². The number of carbonyl (C=O) groups excluding carboxylic acids is 1. The average molecular weight is 332 g/mol. The van der Waals surface area contributed by atoms with Crippen LogP contribution in [0.4, 0.5) is 4.79 Å². The van der Waals surface area contributed by atoms with Crippen LogP contribution in [0.3, 0.4) is 0 Å². The SMILES string of the molecule is CC[C@@H](NC(=O)N1CC[C@@H](Cc2cnn(C)c2)C1)c1cccs1.